The molecule has 4 heteroatoms. The second-order valence-electron chi connectivity index (χ2n) is 3.73. The van der Waals surface area contributed by atoms with Gasteiger partial charge in [0.25, 0.3) is 0 Å². The quantitative estimate of drug-likeness (QED) is 0.840. The van der Waals surface area contributed by atoms with Gasteiger partial charge in [-0.2, -0.15) is 0 Å². The summed E-state index contributed by atoms with van der Waals surface area (Å²) in [5, 5.41) is 10.6. The summed E-state index contributed by atoms with van der Waals surface area (Å²) in [6.45, 7) is 0.193. The summed E-state index contributed by atoms with van der Waals surface area (Å²) >= 11 is 5.83. The fraction of sp³-hybridized carbons (Fsp3) is 0.0769. The normalized spacial score (nSPS) is 12.8. The number of rotatable bonds is 1. The van der Waals surface area contributed by atoms with Crippen molar-refractivity contribution in [1.82, 2.24) is 0 Å². The van der Waals surface area contributed by atoms with Crippen molar-refractivity contribution in [2.24, 2.45) is 0 Å². The van der Waals surface area contributed by atoms with Crippen LogP contribution >= 0.6 is 11.6 Å². The Bertz CT molecular complexity index is 564. The van der Waals surface area contributed by atoms with E-state index in [0.29, 0.717) is 22.1 Å². The first-order valence-corrected chi connectivity index (χ1v) is 5.50. The minimum absolute atomic E-state index is 0.163. The van der Waals surface area contributed by atoms with Crippen molar-refractivity contribution in [2.75, 3.05) is 6.79 Å². The summed E-state index contributed by atoms with van der Waals surface area (Å²) in [6.07, 6.45) is 0. The van der Waals surface area contributed by atoms with Crippen LogP contribution in [0.5, 0.6) is 17.2 Å². The Hall–Kier alpha value is -1.87. The van der Waals surface area contributed by atoms with Gasteiger partial charge in [0, 0.05) is 16.7 Å². The minimum atomic E-state index is 0.163. The first-order chi connectivity index (χ1) is 8.24. The smallest absolute Gasteiger partial charge is 0.231 e. The summed E-state index contributed by atoms with van der Waals surface area (Å²) in [7, 11) is 0. The van der Waals surface area contributed by atoms with Crippen molar-refractivity contribution < 1.29 is 14.6 Å². The number of phenolic OH excluding ortho intramolecular Hbond substituents is 1. The minimum Gasteiger partial charge on any atom is -0.507 e. The number of ether oxygens (including phenoxy) is 2. The monoisotopic (exact) mass is 248 g/mol. The summed E-state index contributed by atoms with van der Waals surface area (Å²) in [5.41, 5.74) is 1.58. The van der Waals surface area contributed by atoms with E-state index in [4.69, 9.17) is 21.1 Å². The molecule has 2 aromatic carbocycles. The van der Waals surface area contributed by atoms with Gasteiger partial charge in [-0.05, 0) is 23.8 Å². The molecule has 3 nitrogen and oxygen atoms in total. The van der Waals surface area contributed by atoms with Gasteiger partial charge in [-0.15, -0.1) is 0 Å². The number of hydrogen-bond acceptors (Lipinski definition) is 3. The summed E-state index contributed by atoms with van der Waals surface area (Å²) in [6, 6.07) is 10.6. The zero-order valence-electron chi connectivity index (χ0n) is 8.81. The van der Waals surface area contributed by atoms with Crippen LogP contribution in [0.1, 0.15) is 0 Å². The van der Waals surface area contributed by atoms with E-state index in [9.17, 15) is 5.11 Å². The molecule has 0 fully saturated rings. The number of hydrogen-bond donors (Lipinski definition) is 1. The van der Waals surface area contributed by atoms with Crippen LogP contribution in [-0.4, -0.2) is 11.9 Å². The van der Waals surface area contributed by atoms with Crippen LogP contribution in [0.15, 0.2) is 36.4 Å². The summed E-state index contributed by atoms with van der Waals surface area (Å²) < 4.78 is 10.5. The van der Waals surface area contributed by atoms with Gasteiger partial charge in [0.15, 0.2) is 11.5 Å². The molecule has 0 saturated heterocycles. The van der Waals surface area contributed by atoms with E-state index < -0.39 is 0 Å². The molecule has 1 N–H and O–H groups in total. The average molecular weight is 249 g/mol. The lowest BCUT2D eigenvalue weighted by Gasteiger charge is -2.06. The molecule has 0 bridgehead atoms. The van der Waals surface area contributed by atoms with Crippen molar-refractivity contribution in [2.45, 2.75) is 0 Å². The van der Waals surface area contributed by atoms with Gasteiger partial charge < -0.3 is 14.6 Å². The standard InChI is InChI=1S/C13H9ClO3/c14-9-3-1-8(2-4-9)10-5-12-13(6-11(10)15)17-7-16-12/h1-6,15H,7H2. The first kappa shape index (κ1) is 10.3. The zero-order valence-corrected chi connectivity index (χ0v) is 9.57. The van der Waals surface area contributed by atoms with Crippen molar-refractivity contribution in [3.63, 3.8) is 0 Å². The van der Waals surface area contributed by atoms with Gasteiger partial charge in [0.2, 0.25) is 6.79 Å². The number of halogens is 1. The molecule has 1 aliphatic heterocycles. The van der Waals surface area contributed by atoms with Crippen LogP contribution in [0.3, 0.4) is 0 Å². The van der Waals surface area contributed by atoms with E-state index in [0.717, 1.165) is 5.56 Å². The third-order valence-corrected chi connectivity index (χ3v) is 2.90. The fourth-order valence-electron chi connectivity index (χ4n) is 1.79. The Labute approximate surface area is 103 Å². The van der Waals surface area contributed by atoms with E-state index >= 15 is 0 Å². The number of aromatic hydroxyl groups is 1. The molecular formula is C13H9ClO3. The Balaban J connectivity index is 2.11. The highest BCUT2D eigenvalue weighted by Crippen LogP contribution is 2.41. The zero-order chi connectivity index (χ0) is 11.8. The van der Waals surface area contributed by atoms with Gasteiger partial charge in [0.1, 0.15) is 5.75 Å². The van der Waals surface area contributed by atoms with Crippen LogP contribution in [0.25, 0.3) is 11.1 Å². The Kier molecular flexibility index (Phi) is 2.34. The van der Waals surface area contributed by atoms with Gasteiger partial charge in [-0.1, -0.05) is 23.7 Å². The fourth-order valence-corrected chi connectivity index (χ4v) is 1.92. The van der Waals surface area contributed by atoms with Crippen LogP contribution < -0.4 is 9.47 Å². The van der Waals surface area contributed by atoms with Gasteiger partial charge >= 0.3 is 0 Å². The third kappa shape index (κ3) is 1.78. The summed E-state index contributed by atoms with van der Waals surface area (Å²) in [4.78, 5) is 0. The molecular weight excluding hydrogens is 240 g/mol. The Morgan fingerprint density at radius 1 is 1.00 bits per heavy atom. The first-order valence-electron chi connectivity index (χ1n) is 5.12. The SMILES string of the molecule is Oc1cc2c(cc1-c1ccc(Cl)cc1)OCO2. The van der Waals surface area contributed by atoms with Crippen LogP contribution in [-0.2, 0) is 0 Å². The van der Waals surface area contributed by atoms with Crippen molar-refractivity contribution in [3.8, 4) is 28.4 Å². The molecule has 3 rings (SSSR count). The molecule has 0 amide bonds. The summed E-state index contributed by atoms with van der Waals surface area (Å²) in [5.74, 6) is 1.38. The molecule has 1 heterocycles. The molecule has 0 radical (unpaired) electrons. The van der Waals surface area contributed by atoms with Crippen molar-refractivity contribution in [3.05, 3.63) is 41.4 Å². The van der Waals surface area contributed by atoms with E-state index in [1.165, 1.54) is 0 Å². The molecule has 0 saturated carbocycles. The highest BCUT2D eigenvalue weighted by molar-refractivity contribution is 6.30. The molecule has 1 aliphatic rings. The maximum absolute atomic E-state index is 9.93. The molecule has 0 unspecified atom stereocenters. The predicted octanol–water partition coefficient (Wildman–Crippen LogP) is 3.44. The maximum Gasteiger partial charge on any atom is 0.231 e. The van der Waals surface area contributed by atoms with E-state index in [1.807, 2.05) is 12.1 Å². The Morgan fingerprint density at radius 2 is 1.65 bits per heavy atom. The van der Waals surface area contributed by atoms with Crippen LogP contribution in [0.2, 0.25) is 5.02 Å². The van der Waals surface area contributed by atoms with Crippen LogP contribution in [0, 0.1) is 0 Å². The van der Waals surface area contributed by atoms with Gasteiger partial charge in [-0.3, -0.25) is 0 Å². The molecule has 0 atom stereocenters. The molecule has 0 aliphatic carbocycles. The predicted molar refractivity (Wildman–Crippen MR) is 64.7 cm³/mol. The lowest BCUT2D eigenvalue weighted by Crippen LogP contribution is -1.92. The van der Waals surface area contributed by atoms with Crippen LogP contribution in [0.4, 0.5) is 0 Å². The topological polar surface area (TPSA) is 38.7 Å². The third-order valence-electron chi connectivity index (χ3n) is 2.65. The number of fused-ring (bicyclic) bond motifs is 1. The molecule has 0 aromatic heterocycles. The van der Waals surface area contributed by atoms with E-state index in [2.05, 4.69) is 0 Å². The van der Waals surface area contributed by atoms with Crippen molar-refractivity contribution in [1.29, 1.82) is 0 Å². The molecule has 86 valence electrons. The molecule has 17 heavy (non-hydrogen) atoms. The second-order valence-corrected chi connectivity index (χ2v) is 4.17. The largest absolute Gasteiger partial charge is 0.507 e. The van der Waals surface area contributed by atoms with E-state index in [-0.39, 0.29) is 12.5 Å². The number of benzene rings is 2. The highest BCUT2D eigenvalue weighted by Gasteiger charge is 2.17. The van der Waals surface area contributed by atoms with Crippen molar-refractivity contribution >= 4 is 11.6 Å². The van der Waals surface area contributed by atoms with Gasteiger partial charge in [-0.25, -0.2) is 0 Å². The molecule has 2 aromatic rings. The molecule has 0 spiro atoms. The Morgan fingerprint density at radius 3 is 2.35 bits per heavy atom. The number of phenols is 1. The lowest BCUT2D eigenvalue weighted by atomic mass is 10.0. The van der Waals surface area contributed by atoms with Gasteiger partial charge in [0.05, 0.1) is 0 Å². The second kappa shape index (κ2) is 3.86. The maximum atomic E-state index is 9.93. The van der Waals surface area contributed by atoms with E-state index in [1.54, 1.807) is 24.3 Å². The average Bonchev–Trinajstić information content (AvgIpc) is 2.76. The highest BCUT2D eigenvalue weighted by atomic mass is 35.5. The lowest BCUT2D eigenvalue weighted by molar-refractivity contribution is 0.174.